The van der Waals surface area contributed by atoms with Crippen molar-refractivity contribution in [3.8, 4) is 0 Å². The summed E-state index contributed by atoms with van der Waals surface area (Å²) in [5.41, 5.74) is -0.0409. The van der Waals surface area contributed by atoms with Gasteiger partial charge in [0.2, 0.25) is 5.52 Å². The molecule has 0 unspecified atom stereocenters. The van der Waals surface area contributed by atoms with E-state index in [0.717, 1.165) is 6.33 Å². The molecule has 2 rings (SSSR count). The summed E-state index contributed by atoms with van der Waals surface area (Å²) in [5, 5.41) is 10.9. The normalized spacial score (nSPS) is 10.5. The number of hydrogen-bond acceptors (Lipinski definition) is 3. The van der Waals surface area contributed by atoms with Crippen molar-refractivity contribution in [2.24, 2.45) is 0 Å². The molecule has 0 aromatic carbocycles. The van der Waals surface area contributed by atoms with E-state index < -0.39 is 0 Å². The van der Waals surface area contributed by atoms with Crippen LogP contribution in [0.4, 0.5) is 0 Å². The first-order valence-corrected chi connectivity index (χ1v) is 2.93. The molecule has 0 spiro atoms. The highest BCUT2D eigenvalue weighted by atomic mass is 16.5. The second-order valence-electron chi connectivity index (χ2n) is 2.03. The Labute approximate surface area is 60.1 Å². The number of nitrogens with one attached hydrogen (secondary N) is 2. The Morgan fingerprint density at radius 3 is 3.09 bits per heavy atom. The minimum Gasteiger partial charge on any atom is -0.740 e. The summed E-state index contributed by atoms with van der Waals surface area (Å²) in [6.07, 6.45) is 2.32. The Hall–Kier alpha value is -1.85. The van der Waals surface area contributed by atoms with Crippen LogP contribution < -0.4 is 10.3 Å². The second-order valence-corrected chi connectivity index (χ2v) is 2.03. The molecule has 2 aromatic rings. The predicted octanol–water partition coefficient (Wildman–Crippen LogP) is -1.12. The smallest absolute Gasteiger partial charge is 0.334 e. The fourth-order valence-corrected chi connectivity index (χ4v) is 0.872. The van der Waals surface area contributed by atoms with Crippen LogP contribution in [0.25, 0.3) is 11.2 Å². The van der Waals surface area contributed by atoms with Gasteiger partial charge in [0, 0.05) is 0 Å². The monoisotopic (exact) mass is 152 g/mol. The molecule has 0 saturated heterocycles. The van der Waals surface area contributed by atoms with Gasteiger partial charge in [0.15, 0.2) is 12.7 Å². The van der Waals surface area contributed by atoms with E-state index in [1.807, 2.05) is 0 Å². The van der Waals surface area contributed by atoms with Gasteiger partial charge in [-0.2, -0.15) is 0 Å². The third-order valence-corrected chi connectivity index (χ3v) is 1.37. The summed E-state index contributed by atoms with van der Waals surface area (Å²) in [7, 11) is 0. The van der Waals surface area contributed by atoms with E-state index in [1.54, 1.807) is 0 Å². The molecule has 0 atom stereocenters. The number of nitrogens with zero attached hydrogens (tertiary/aromatic N) is 2. The van der Waals surface area contributed by atoms with E-state index in [4.69, 9.17) is 0 Å². The van der Waals surface area contributed by atoms with Gasteiger partial charge < -0.3 is 10.2 Å². The molecule has 6 nitrogen and oxygen atoms in total. The zero-order valence-electron chi connectivity index (χ0n) is 5.37. The van der Waals surface area contributed by atoms with Crippen LogP contribution in [0.5, 0.6) is 0 Å². The largest absolute Gasteiger partial charge is 0.740 e. The lowest BCUT2D eigenvalue weighted by molar-refractivity contribution is -0.582. The van der Waals surface area contributed by atoms with Crippen molar-refractivity contribution in [2.45, 2.75) is 0 Å². The average molecular weight is 152 g/mol. The van der Waals surface area contributed by atoms with Crippen LogP contribution in [-0.2, 0) is 0 Å². The molecule has 11 heavy (non-hydrogen) atoms. The van der Waals surface area contributed by atoms with Gasteiger partial charge in [-0.1, -0.05) is 4.98 Å². The molecule has 0 radical (unpaired) electrons. The zero-order chi connectivity index (χ0) is 7.84. The van der Waals surface area contributed by atoms with Crippen molar-refractivity contribution in [1.82, 2.24) is 15.0 Å². The minimum absolute atomic E-state index is 0.105. The van der Waals surface area contributed by atoms with Crippen molar-refractivity contribution in [1.29, 1.82) is 0 Å². The van der Waals surface area contributed by atoms with Gasteiger partial charge in [-0.05, 0) is 0 Å². The molecule has 2 aromatic heterocycles. The summed E-state index contributed by atoms with van der Waals surface area (Å²) >= 11 is 0. The quantitative estimate of drug-likeness (QED) is 0.370. The van der Waals surface area contributed by atoms with Gasteiger partial charge in [-0.3, -0.25) is 0 Å². The molecule has 0 aliphatic carbocycles. The van der Waals surface area contributed by atoms with Gasteiger partial charge in [0.25, 0.3) is 5.65 Å². The maximum Gasteiger partial charge on any atom is 0.334 e. The highest BCUT2D eigenvalue weighted by Gasteiger charge is 2.07. The van der Waals surface area contributed by atoms with Crippen LogP contribution in [0.2, 0.25) is 0 Å². The number of rotatable bonds is 0. The van der Waals surface area contributed by atoms with Crippen molar-refractivity contribution in [3.63, 3.8) is 0 Å². The molecular formula is C5H4N4O2. The van der Waals surface area contributed by atoms with E-state index in [-0.39, 0.29) is 16.7 Å². The maximum atomic E-state index is 10.9. The summed E-state index contributed by atoms with van der Waals surface area (Å²) in [5.74, 6) is 0. The molecule has 2 heterocycles. The Kier molecular flexibility index (Phi) is 0.974. The first-order valence-electron chi connectivity index (χ1n) is 2.93. The van der Waals surface area contributed by atoms with Crippen molar-refractivity contribution >= 4 is 11.2 Å². The van der Waals surface area contributed by atoms with E-state index in [1.165, 1.54) is 6.33 Å². The third kappa shape index (κ3) is 0.689. The fraction of sp³-hybridized carbons (Fsp3) is 0. The second kappa shape index (κ2) is 1.82. The van der Waals surface area contributed by atoms with Crippen molar-refractivity contribution in [3.05, 3.63) is 28.2 Å². The molecule has 0 saturated carbocycles. The SMILES string of the molecule is O=c1[nH]c[n+]([O-])c2nc[nH]c12. The van der Waals surface area contributed by atoms with Crippen molar-refractivity contribution < 1.29 is 4.73 Å². The molecule has 2 N–H and O–H groups in total. The number of aromatic amines is 2. The lowest BCUT2D eigenvalue weighted by Crippen LogP contribution is -2.31. The maximum absolute atomic E-state index is 10.9. The molecular weight excluding hydrogens is 148 g/mol. The first kappa shape index (κ1) is 5.90. The molecule has 56 valence electrons. The molecule has 0 bridgehead atoms. The lowest BCUT2D eigenvalue weighted by Gasteiger charge is -1.98. The van der Waals surface area contributed by atoms with Crippen LogP contribution in [0, 0.1) is 5.21 Å². The van der Waals surface area contributed by atoms with Crippen LogP contribution in [-0.4, -0.2) is 15.0 Å². The van der Waals surface area contributed by atoms with Crippen LogP contribution >= 0.6 is 0 Å². The zero-order valence-corrected chi connectivity index (χ0v) is 5.37. The standard InChI is InChI=1S/C5H4N4O2/c10-5-3-4(7-1-6-3)9(11)2-8-5/h1-2H,(H,6,7)(H,8,10). The third-order valence-electron chi connectivity index (χ3n) is 1.37. The number of hydrogen-bond donors (Lipinski definition) is 2. The Balaban J connectivity index is 3.08. The van der Waals surface area contributed by atoms with E-state index in [0.29, 0.717) is 4.73 Å². The fourth-order valence-electron chi connectivity index (χ4n) is 0.872. The Bertz CT molecular complexity index is 443. The van der Waals surface area contributed by atoms with Gasteiger partial charge >= 0.3 is 5.56 Å². The van der Waals surface area contributed by atoms with Crippen LogP contribution in [0.3, 0.4) is 0 Å². The molecule has 0 aliphatic heterocycles. The number of fused-ring (bicyclic) bond motifs is 1. The molecule has 6 heteroatoms. The Morgan fingerprint density at radius 2 is 2.36 bits per heavy atom. The van der Waals surface area contributed by atoms with Gasteiger partial charge in [0.05, 0.1) is 0 Å². The average Bonchev–Trinajstić information content (AvgIpc) is 2.45. The van der Waals surface area contributed by atoms with E-state index in [2.05, 4.69) is 15.0 Å². The number of aromatic nitrogens is 4. The summed E-state index contributed by atoms with van der Waals surface area (Å²) < 4.78 is 0.493. The van der Waals surface area contributed by atoms with E-state index >= 15 is 0 Å². The van der Waals surface area contributed by atoms with Gasteiger partial charge in [-0.15, -0.1) is 0 Å². The van der Waals surface area contributed by atoms with Gasteiger partial charge in [-0.25, -0.2) is 14.5 Å². The molecule has 0 amide bonds. The number of H-pyrrole nitrogens is 2. The predicted molar refractivity (Wildman–Crippen MR) is 35.7 cm³/mol. The highest BCUT2D eigenvalue weighted by molar-refractivity contribution is 5.64. The van der Waals surface area contributed by atoms with Gasteiger partial charge in [0.1, 0.15) is 0 Å². The lowest BCUT2D eigenvalue weighted by atomic mass is 10.5. The first-order chi connectivity index (χ1) is 5.29. The highest BCUT2D eigenvalue weighted by Crippen LogP contribution is 1.92. The summed E-state index contributed by atoms with van der Waals surface area (Å²) in [6, 6.07) is 0. The Morgan fingerprint density at radius 1 is 1.55 bits per heavy atom. The minimum atomic E-state index is -0.343. The van der Waals surface area contributed by atoms with Crippen LogP contribution in [0.15, 0.2) is 17.4 Å². The van der Waals surface area contributed by atoms with Crippen molar-refractivity contribution in [2.75, 3.05) is 0 Å². The van der Waals surface area contributed by atoms with E-state index in [9.17, 15) is 10.0 Å². The topological polar surface area (TPSA) is 88.5 Å². The molecule has 0 fully saturated rings. The number of imidazole rings is 1. The summed E-state index contributed by atoms with van der Waals surface area (Å²) in [6.45, 7) is 0. The summed E-state index contributed by atoms with van der Waals surface area (Å²) in [4.78, 5) is 19.4. The van der Waals surface area contributed by atoms with Crippen LogP contribution in [0.1, 0.15) is 0 Å². The molecule has 0 aliphatic rings.